The Labute approximate surface area is 209 Å². The summed E-state index contributed by atoms with van der Waals surface area (Å²) >= 11 is 7.51. The number of nitrogens with zero attached hydrogens (tertiary/aromatic N) is 1. The van der Waals surface area contributed by atoms with Gasteiger partial charge in [-0.3, -0.25) is 9.59 Å². The third-order valence-electron chi connectivity index (χ3n) is 5.29. The normalized spacial score (nSPS) is 11.6. The first-order valence-electron chi connectivity index (χ1n) is 11.2. The summed E-state index contributed by atoms with van der Waals surface area (Å²) in [6, 6.07) is 22.5. The van der Waals surface area contributed by atoms with Gasteiger partial charge in [0.25, 0.3) is 0 Å². The van der Waals surface area contributed by atoms with E-state index in [9.17, 15) is 14.0 Å². The van der Waals surface area contributed by atoms with Crippen LogP contribution in [-0.4, -0.2) is 35.1 Å². The van der Waals surface area contributed by atoms with E-state index < -0.39 is 6.04 Å². The molecule has 3 aromatic carbocycles. The zero-order valence-corrected chi connectivity index (χ0v) is 20.6. The SMILES string of the molecule is CCNC(=O)[C@@H](Cc1ccccc1)N(Cc1ccc(F)cc1)C(=O)CCSc1ccc(Cl)cc1. The lowest BCUT2D eigenvalue weighted by Crippen LogP contribution is -2.50. The summed E-state index contributed by atoms with van der Waals surface area (Å²) in [5.41, 5.74) is 1.73. The molecule has 3 rings (SSSR count). The van der Waals surface area contributed by atoms with E-state index in [1.54, 1.807) is 28.8 Å². The van der Waals surface area contributed by atoms with Crippen molar-refractivity contribution in [1.82, 2.24) is 10.2 Å². The van der Waals surface area contributed by atoms with Crippen LogP contribution in [0.3, 0.4) is 0 Å². The topological polar surface area (TPSA) is 49.4 Å². The van der Waals surface area contributed by atoms with Gasteiger partial charge in [-0.15, -0.1) is 11.8 Å². The van der Waals surface area contributed by atoms with E-state index in [2.05, 4.69) is 5.32 Å². The second kappa shape index (κ2) is 13.2. The maximum Gasteiger partial charge on any atom is 0.243 e. The molecule has 0 unspecified atom stereocenters. The summed E-state index contributed by atoms with van der Waals surface area (Å²) in [6.45, 7) is 2.54. The molecule has 0 saturated carbocycles. The van der Waals surface area contributed by atoms with Crippen molar-refractivity contribution in [3.8, 4) is 0 Å². The van der Waals surface area contributed by atoms with Gasteiger partial charge < -0.3 is 10.2 Å². The molecule has 34 heavy (non-hydrogen) atoms. The Hall–Kier alpha value is -2.83. The van der Waals surface area contributed by atoms with E-state index >= 15 is 0 Å². The number of halogens is 2. The molecule has 1 N–H and O–H groups in total. The van der Waals surface area contributed by atoms with Crippen LogP contribution in [0.2, 0.25) is 5.02 Å². The number of likely N-dealkylation sites (N-methyl/N-ethyl adjacent to an activating group) is 1. The van der Waals surface area contributed by atoms with Crippen molar-refractivity contribution in [2.24, 2.45) is 0 Å². The quantitative estimate of drug-likeness (QED) is 0.343. The minimum atomic E-state index is -0.680. The van der Waals surface area contributed by atoms with Crippen molar-refractivity contribution in [2.75, 3.05) is 12.3 Å². The molecule has 0 fully saturated rings. The first-order valence-corrected chi connectivity index (χ1v) is 12.6. The predicted octanol–water partition coefficient (Wildman–Crippen LogP) is 5.74. The Bertz CT molecular complexity index is 1060. The first kappa shape index (κ1) is 25.8. The lowest BCUT2D eigenvalue weighted by molar-refractivity contribution is -0.140. The molecule has 0 radical (unpaired) electrons. The largest absolute Gasteiger partial charge is 0.355 e. The number of hydrogen-bond donors (Lipinski definition) is 1. The van der Waals surface area contributed by atoms with Gasteiger partial charge in [-0.1, -0.05) is 54.1 Å². The molecule has 3 aromatic rings. The average Bonchev–Trinajstić information content (AvgIpc) is 2.84. The number of benzene rings is 3. The van der Waals surface area contributed by atoms with Gasteiger partial charge in [0.15, 0.2) is 0 Å². The van der Waals surface area contributed by atoms with Gasteiger partial charge in [-0.05, 0) is 54.4 Å². The van der Waals surface area contributed by atoms with Crippen LogP contribution in [0.15, 0.2) is 83.8 Å². The zero-order chi connectivity index (χ0) is 24.3. The second-order valence-corrected chi connectivity index (χ2v) is 9.41. The standard InChI is InChI=1S/C27H28ClFN2O2S/c1-2-30-27(33)25(18-20-6-4-3-5-7-20)31(19-21-8-12-23(29)13-9-21)26(32)16-17-34-24-14-10-22(28)11-15-24/h3-15,25H,2,16-19H2,1H3,(H,30,33)/t25-/m1/s1. The highest BCUT2D eigenvalue weighted by Crippen LogP contribution is 2.22. The fourth-order valence-electron chi connectivity index (χ4n) is 3.56. The summed E-state index contributed by atoms with van der Waals surface area (Å²) in [6.07, 6.45) is 0.656. The van der Waals surface area contributed by atoms with Gasteiger partial charge in [0, 0.05) is 41.6 Å². The Kier molecular flexibility index (Phi) is 9.98. The molecule has 0 aliphatic carbocycles. The van der Waals surface area contributed by atoms with Crippen LogP contribution in [0.5, 0.6) is 0 Å². The predicted molar refractivity (Wildman–Crippen MR) is 136 cm³/mol. The number of hydrogen-bond acceptors (Lipinski definition) is 3. The van der Waals surface area contributed by atoms with Crippen LogP contribution >= 0.6 is 23.4 Å². The maximum atomic E-state index is 13.5. The van der Waals surface area contributed by atoms with E-state index in [0.717, 1.165) is 16.0 Å². The van der Waals surface area contributed by atoms with Crippen LogP contribution in [0.25, 0.3) is 0 Å². The van der Waals surface area contributed by atoms with Crippen LogP contribution in [0.4, 0.5) is 4.39 Å². The van der Waals surface area contributed by atoms with Crippen molar-refractivity contribution in [1.29, 1.82) is 0 Å². The van der Waals surface area contributed by atoms with Crippen molar-refractivity contribution in [3.63, 3.8) is 0 Å². The molecule has 4 nitrogen and oxygen atoms in total. The molecule has 0 saturated heterocycles. The van der Waals surface area contributed by atoms with Gasteiger partial charge in [-0.25, -0.2) is 4.39 Å². The van der Waals surface area contributed by atoms with Gasteiger partial charge in [0.05, 0.1) is 0 Å². The summed E-state index contributed by atoms with van der Waals surface area (Å²) in [7, 11) is 0. The highest BCUT2D eigenvalue weighted by Gasteiger charge is 2.29. The highest BCUT2D eigenvalue weighted by molar-refractivity contribution is 7.99. The molecule has 2 amide bonds. The molecule has 7 heteroatoms. The number of amides is 2. The molecule has 0 aromatic heterocycles. The number of carbonyl (C=O) groups excluding carboxylic acids is 2. The van der Waals surface area contributed by atoms with E-state index in [-0.39, 0.29) is 30.6 Å². The van der Waals surface area contributed by atoms with Crippen molar-refractivity contribution in [2.45, 2.75) is 37.2 Å². The molecular formula is C27H28ClFN2O2S. The zero-order valence-electron chi connectivity index (χ0n) is 19.0. The van der Waals surface area contributed by atoms with E-state index in [1.807, 2.05) is 61.5 Å². The van der Waals surface area contributed by atoms with E-state index in [1.165, 1.54) is 12.1 Å². The van der Waals surface area contributed by atoms with Gasteiger partial charge in [0.2, 0.25) is 11.8 Å². The Morgan fingerprint density at radius 1 is 0.971 bits per heavy atom. The summed E-state index contributed by atoms with van der Waals surface area (Å²) in [5.74, 6) is -0.107. The molecule has 0 heterocycles. The fourth-order valence-corrected chi connectivity index (χ4v) is 4.53. The van der Waals surface area contributed by atoms with Crippen molar-refractivity contribution < 1.29 is 14.0 Å². The number of thioether (sulfide) groups is 1. The fraction of sp³-hybridized carbons (Fsp3) is 0.259. The molecule has 0 spiro atoms. The second-order valence-electron chi connectivity index (χ2n) is 7.80. The highest BCUT2D eigenvalue weighted by atomic mass is 35.5. The van der Waals surface area contributed by atoms with Gasteiger partial charge in [0.1, 0.15) is 11.9 Å². The summed E-state index contributed by atoms with van der Waals surface area (Å²) < 4.78 is 13.5. The third-order valence-corrected chi connectivity index (χ3v) is 6.55. The van der Waals surface area contributed by atoms with Crippen molar-refractivity contribution >= 4 is 35.2 Å². The first-order chi connectivity index (χ1) is 16.5. The van der Waals surface area contributed by atoms with Gasteiger partial charge >= 0.3 is 0 Å². The van der Waals surface area contributed by atoms with Crippen molar-refractivity contribution in [3.05, 3.63) is 101 Å². The lowest BCUT2D eigenvalue weighted by Gasteiger charge is -2.31. The van der Waals surface area contributed by atoms with Crippen LogP contribution in [0.1, 0.15) is 24.5 Å². The molecule has 178 valence electrons. The minimum Gasteiger partial charge on any atom is -0.355 e. The maximum absolute atomic E-state index is 13.5. The minimum absolute atomic E-state index is 0.127. The van der Waals surface area contributed by atoms with Crippen LogP contribution in [-0.2, 0) is 22.6 Å². The Morgan fingerprint density at radius 2 is 1.65 bits per heavy atom. The third kappa shape index (κ3) is 7.89. The Morgan fingerprint density at radius 3 is 2.29 bits per heavy atom. The smallest absolute Gasteiger partial charge is 0.243 e. The Balaban J connectivity index is 1.81. The molecular weight excluding hydrogens is 471 g/mol. The molecule has 1 atom stereocenters. The molecule has 0 bridgehead atoms. The number of rotatable bonds is 11. The van der Waals surface area contributed by atoms with E-state index in [4.69, 9.17) is 11.6 Å². The average molecular weight is 499 g/mol. The lowest BCUT2D eigenvalue weighted by atomic mass is 10.0. The summed E-state index contributed by atoms with van der Waals surface area (Å²) in [5, 5.41) is 3.54. The number of carbonyl (C=O) groups is 2. The number of nitrogens with one attached hydrogen (secondary N) is 1. The van der Waals surface area contributed by atoms with Gasteiger partial charge in [-0.2, -0.15) is 0 Å². The van der Waals surface area contributed by atoms with Crippen LogP contribution < -0.4 is 5.32 Å². The summed E-state index contributed by atoms with van der Waals surface area (Å²) in [4.78, 5) is 29.2. The van der Waals surface area contributed by atoms with E-state index in [0.29, 0.717) is 23.7 Å². The molecule has 0 aliphatic heterocycles. The van der Waals surface area contributed by atoms with Crippen LogP contribution in [0, 0.1) is 5.82 Å². The molecule has 0 aliphatic rings. The monoisotopic (exact) mass is 498 g/mol.